The van der Waals surface area contributed by atoms with Gasteiger partial charge < -0.3 is 10.2 Å². The average molecular weight is 310 g/mol. The van der Waals surface area contributed by atoms with Gasteiger partial charge in [-0.05, 0) is 25.3 Å². The number of hydrogen-bond donors (Lipinski definition) is 1. The Balaban J connectivity index is 2.63. The Morgan fingerprint density at radius 3 is 2.67 bits per heavy atom. The molecule has 1 aliphatic heterocycles. The van der Waals surface area contributed by atoms with Gasteiger partial charge in [-0.3, -0.25) is 19.5 Å². The lowest BCUT2D eigenvalue weighted by Crippen LogP contribution is -2.58. The summed E-state index contributed by atoms with van der Waals surface area (Å²) in [5, 5.41) is 2.64. The molecule has 1 atom stereocenters. The molecular weight excluding hydrogens is 288 g/mol. The SMILES string of the molecule is C=CCN1C(=O)C(C=NCCN(CC)CC)C(=O)NC1=S. The molecule has 0 bridgehead atoms. The second kappa shape index (κ2) is 8.63. The minimum atomic E-state index is -0.909. The highest BCUT2D eigenvalue weighted by Gasteiger charge is 2.36. The zero-order chi connectivity index (χ0) is 15.8. The Bertz CT molecular complexity index is 446. The summed E-state index contributed by atoms with van der Waals surface area (Å²) >= 11 is 4.97. The predicted molar refractivity (Wildman–Crippen MR) is 87.3 cm³/mol. The van der Waals surface area contributed by atoms with Gasteiger partial charge in [0.2, 0.25) is 11.8 Å². The van der Waals surface area contributed by atoms with Crippen molar-refractivity contribution in [2.75, 3.05) is 32.7 Å². The summed E-state index contributed by atoms with van der Waals surface area (Å²) in [6.07, 6.45) is 2.98. The molecule has 0 aromatic heterocycles. The van der Waals surface area contributed by atoms with E-state index in [4.69, 9.17) is 12.2 Å². The fourth-order valence-corrected chi connectivity index (χ4v) is 2.25. The molecule has 0 radical (unpaired) electrons. The molecule has 1 heterocycles. The van der Waals surface area contributed by atoms with Crippen molar-refractivity contribution in [1.29, 1.82) is 0 Å². The van der Waals surface area contributed by atoms with Crippen LogP contribution in [0, 0.1) is 5.92 Å². The zero-order valence-corrected chi connectivity index (χ0v) is 13.4. The number of likely N-dealkylation sites (N-methyl/N-ethyl adjacent to an activating group) is 1. The van der Waals surface area contributed by atoms with Gasteiger partial charge in [0.25, 0.3) is 0 Å². The molecule has 6 nitrogen and oxygen atoms in total. The Labute approximate surface area is 130 Å². The van der Waals surface area contributed by atoms with Gasteiger partial charge in [-0.1, -0.05) is 19.9 Å². The molecule has 1 saturated heterocycles. The van der Waals surface area contributed by atoms with E-state index in [-0.39, 0.29) is 17.6 Å². The molecule has 0 spiro atoms. The summed E-state index contributed by atoms with van der Waals surface area (Å²) in [7, 11) is 0. The van der Waals surface area contributed by atoms with Crippen molar-refractivity contribution < 1.29 is 9.59 Å². The van der Waals surface area contributed by atoms with Gasteiger partial charge in [0, 0.05) is 19.3 Å². The van der Waals surface area contributed by atoms with Crippen LogP contribution in [0.5, 0.6) is 0 Å². The van der Waals surface area contributed by atoms with Crippen LogP contribution in [0.15, 0.2) is 17.6 Å². The molecule has 1 N–H and O–H groups in total. The molecular formula is C14H22N4O2S. The third-order valence-corrected chi connectivity index (χ3v) is 3.62. The summed E-state index contributed by atoms with van der Waals surface area (Å²) in [4.78, 5) is 31.8. The number of thiocarbonyl (C=S) groups is 1. The summed E-state index contributed by atoms with van der Waals surface area (Å²) in [6.45, 7) is 11.3. The quantitative estimate of drug-likeness (QED) is 0.306. The molecule has 2 amide bonds. The van der Waals surface area contributed by atoms with Gasteiger partial charge in [0.1, 0.15) is 0 Å². The molecule has 7 heteroatoms. The fourth-order valence-electron chi connectivity index (χ4n) is 1.98. The molecule has 21 heavy (non-hydrogen) atoms. The minimum Gasteiger partial charge on any atom is -0.302 e. The number of nitrogens with zero attached hydrogens (tertiary/aromatic N) is 3. The van der Waals surface area contributed by atoms with E-state index >= 15 is 0 Å². The molecule has 0 aliphatic carbocycles. The summed E-state index contributed by atoms with van der Waals surface area (Å²) in [6, 6.07) is 0. The van der Waals surface area contributed by atoms with Crippen molar-refractivity contribution in [2.24, 2.45) is 10.9 Å². The lowest BCUT2D eigenvalue weighted by molar-refractivity contribution is -0.137. The van der Waals surface area contributed by atoms with Crippen LogP contribution in [0.1, 0.15) is 13.8 Å². The molecule has 1 rings (SSSR count). The Morgan fingerprint density at radius 2 is 2.10 bits per heavy atom. The smallest absolute Gasteiger partial charge is 0.247 e. The van der Waals surface area contributed by atoms with Crippen LogP contribution in [0.4, 0.5) is 0 Å². The normalized spacial score (nSPS) is 19.5. The van der Waals surface area contributed by atoms with Crippen LogP contribution in [0.2, 0.25) is 0 Å². The van der Waals surface area contributed by atoms with E-state index < -0.39 is 11.8 Å². The Morgan fingerprint density at radius 1 is 1.43 bits per heavy atom. The number of aliphatic imine (C=N–C) groups is 1. The molecule has 116 valence electrons. The van der Waals surface area contributed by atoms with Crippen LogP contribution >= 0.6 is 12.2 Å². The van der Waals surface area contributed by atoms with Gasteiger partial charge >= 0.3 is 0 Å². The van der Waals surface area contributed by atoms with E-state index in [1.807, 2.05) is 0 Å². The molecule has 0 aromatic rings. The number of nitrogens with one attached hydrogen (secondary N) is 1. The van der Waals surface area contributed by atoms with Crippen molar-refractivity contribution in [3.05, 3.63) is 12.7 Å². The summed E-state index contributed by atoms with van der Waals surface area (Å²) < 4.78 is 0. The lowest BCUT2D eigenvalue weighted by atomic mass is 10.1. The predicted octanol–water partition coefficient (Wildman–Crippen LogP) is 0.445. The zero-order valence-electron chi connectivity index (χ0n) is 12.5. The first-order chi connectivity index (χ1) is 10.0. The van der Waals surface area contributed by atoms with Crippen LogP contribution in [0.3, 0.4) is 0 Å². The van der Waals surface area contributed by atoms with Gasteiger partial charge in [0.15, 0.2) is 11.0 Å². The van der Waals surface area contributed by atoms with Crippen molar-refractivity contribution >= 4 is 35.4 Å². The fraction of sp³-hybridized carbons (Fsp3) is 0.571. The first-order valence-electron chi connectivity index (χ1n) is 7.04. The standard InChI is InChI=1S/C14H22N4O2S/c1-4-8-18-13(20)11(12(19)16-14(18)21)10-15-7-9-17(5-2)6-3/h4,10-11H,1,5-9H2,2-3H3,(H,16,19,21). The van der Waals surface area contributed by atoms with Gasteiger partial charge in [0.05, 0.1) is 6.54 Å². The first kappa shape index (κ1) is 17.5. The Kier molecular flexibility index (Phi) is 7.18. The maximum Gasteiger partial charge on any atom is 0.247 e. The van der Waals surface area contributed by atoms with Crippen molar-refractivity contribution in [3.63, 3.8) is 0 Å². The lowest BCUT2D eigenvalue weighted by Gasteiger charge is -2.30. The van der Waals surface area contributed by atoms with Crippen LogP contribution in [-0.4, -0.2) is 65.7 Å². The molecule has 1 unspecified atom stereocenters. The summed E-state index contributed by atoms with van der Waals surface area (Å²) in [5.74, 6) is -1.68. The number of carbonyl (C=O) groups excluding carboxylic acids is 2. The third kappa shape index (κ3) is 4.71. The van der Waals surface area contributed by atoms with Crippen LogP contribution < -0.4 is 5.32 Å². The van der Waals surface area contributed by atoms with Gasteiger partial charge in [-0.15, -0.1) is 6.58 Å². The molecule has 0 saturated carbocycles. The molecule has 1 fully saturated rings. The van der Waals surface area contributed by atoms with E-state index in [1.165, 1.54) is 11.1 Å². The van der Waals surface area contributed by atoms with Crippen LogP contribution in [-0.2, 0) is 9.59 Å². The second-order valence-electron chi connectivity index (χ2n) is 4.59. The van der Waals surface area contributed by atoms with E-state index in [0.717, 1.165) is 19.6 Å². The maximum absolute atomic E-state index is 12.2. The molecule has 1 aliphatic rings. The largest absolute Gasteiger partial charge is 0.302 e. The first-order valence-corrected chi connectivity index (χ1v) is 7.45. The molecule has 0 aromatic carbocycles. The van der Waals surface area contributed by atoms with E-state index in [1.54, 1.807) is 6.08 Å². The van der Waals surface area contributed by atoms with E-state index in [0.29, 0.717) is 6.54 Å². The number of carbonyl (C=O) groups is 2. The number of hydrogen-bond acceptors (Lipinski definition) is 5. The van der Waals surface area contributed by atoms with E-state index in [9.17, 15) is 9.59 Å². The monoisotopic (exact) mass is 310 g/mol. The summed E-state index contributed by atoms with van der Waals surface area (Å²) in [5.41, 5.74) is 0. The van der Waals surface area contributed by atoms with Gasteiger partial charge in [-0.2, -0.15) is 0 Å². The number of amides is 2. The highest BCUT2D eigenvalue weighted by Crippen LogP contribution is 2.09. The minimum absolute atomic E-state index is 0.123. The Hall–Kier alpha value is -1.60. The van der Waals surface area contributed by atoms with Crippen molar-refractivity contribution in [3.8, 4) is 0 Å². The maximum atomic E-state index is 12.2. The second-order valence-corrected chi connectivity index (χ2v) is 4.98. The average Bonchev–Trinajstić information content (AvgIpc) is 2.46. The topological polar surface area (TPSA) is 65.0 Å². The van der Waals surface area contributed by atoms with Crippen LogP contribution in [0.25, 0.3) is 0 Å². The highest BCUT2D eigenvalue weighted by atomic mass is 32.1. The number of rotatable bonds is 8. The third-order valence-electron chi connectivity index (χ3n) is 3.30. The van der Waals surface area contributed by atoms with E-state index in [2.05, 4.69) is 35.6 Å². The van der Waals surface area contributed by atoms with Gasteiger partial charge in [-0.25, -0.2) is 0 Å². The highest BCUT2D eigenvalue weighted by molar-refractivity contribution is 7.80. The van der Waals surface area contributed by atoms with Crippen molar-refractivity contribution in [2.45, 2.75) is 13.8 Å². The van der Waals surface area contributed by atoms with Crippen molar-refractivity contribution in [1.82, 2.24) is 15.1 Å².